The highest BCUT2D eigenvalue weighted by molar-refractivity contribution is 5.81. The largest absolute Gasteiger partial charge is 0.491 e. The molecular weight excluding hydrogens is 262 g/mol. The molecule has 1 fully saturated rings. The van der Waals surface area contributed by atoms with E-state index in [1.807, 2.05) is 0 Å². The SMILES string of the molecule is CC(C)Oc1ccc2c(ccn2CCCC2CCCO2)c1. The summed E-state index contributed by atoms with van der Waals surface area (Å²) < 4.78 is 13.8. The number of aromatic nitrogens is 1. The van der Waals surface area contributed by atoms with Crippen LogP contribution in [-0.2, 0) is 11.3 Å². The Hall–Kier alpha value is -1.48. The summed E-state index contributed by atoms with van der Waals surface area (Å²) in [4.78, 5) is 0. The van der Waals surface area contributed by atoms with Gasteiger partial charge in [-0.05, 0) is 63.8 Å². The van der Waals surface area contributed by atoms with Crippen molar-refractivity contribution in [1.29, 1.82) is 0 Å². The van der Waals surface area contributed by atoms with Crippen LogP contribution in [0.5, 0.6) is 5.75 Å². The Kier molecular flexibility index (Phi) is 4.49. The normalized spacial score (nSPS) is 18.7. The van der Waals surface area contributed by atoms with Crippen LogP contribution in [0.1, 0.15) is 39.5 Å². The summed E-state index contributed by atoms with van der Waals surface area (Å²) in [6, 6.07) is 8.54. The van der Waals surface area contributed by atoms with Gasteiger partial charge in [0.05, 0.1) is 12.2 Å². The smallest absolute Gasteiger partial charge is 0.120 e. The van der Waals surface area contributed by atoms with Crippen LogP contribution in [0.4, 0.5) is 0 Å². The van der Waals surface area contributed by atoms with Gasteiger partial charge >= 0.3 is 0 Å². The van der Waals surface area contributed by atoms with E-state index < -0.39 is 0 Å². The van der Waals surface area contributed by atoms with Crippen LogP contribution in [0.25, 0.3) is 10.9 Å². The lowest BCUT2D eigenvalue weighted by Crippen LogP contribution is -2.07. The van der Waals surface area contributed by atoms with Gasteiger partial charge in [0.25, 0.3) is 0 Å². The molecule has 0 spiro atoms. The van der Waals surface area contributed by atoms with Crippen molar-refractivity contribution in [2.45, 2.75) is 58.3 Å². The van der Waals surface area contributed by atoms with Gasteiger partial charge in [0.15, 0.2) is 0 Å². The summed E-state index contributed by atoms with van der Waals surface area (Å²) in [6.45, 7) is 6.13. The molecule has 1 aliphatic rings. The minimum Gasteiger partial charge on any atom is -0.491 e. The summed E-state index contributed by atoms with van der Waals surface area (Å²) in [5.74, 6) is 0.953. The van der Waals surface area contributed by atoms with E-state index in [2.05, 4.69) is 48.9 Å². The molecule has 0 amide bonds. The Bertz CT molecular complexity index is 582. The molecule has 1 atom stereocenters. The van der Waals surface area contributed by atoms with Crippen LogP contribution in [0.15, 0.2) is 30.5 Å². The molecule has 2 heterocycles. The number of fused-ring (bicyclic) bond motifs is 1. The quantitative estimate of drug-likeness (QED) is 0.786. The molecule has 3 rings (SSSR count). The van der Waals surface area contributed by atoms with E-state index in [4.69, 9.17) is 9.47 Å². The van der Waals surface area contributed by atoms with Crippen molar-refractivity contribution in [3.63, 3.8) is 0 Å². The van der Waals surface area contributed by atoms with Gasteiger partial charge in [-0.25, -0.2) is 0 Å². The Morgan fingerprint density at radius 1 is 1.33 bits per heavy atom. The van der Waals surface area contributed by atoms with Gasteiger partial charge in [-0.1, -0.05) is 0 Å². The molecule has 0 radical (unpaired) electrons. The predicted octanol–water partition coefficient (Wildman–Crippen LogP) is 4.39. The van der Waals surface area contributed by atoms with Crippen molar-refractivity contribution in [3.8, 4) is 5.75 Å². The third-order valence-corrected chi connectivity index (χ3v) is 4.06. The molecule has 3 heteroatoms. The van der Waals surface area contributed by atoms with Crippen LogP contribution in [-0.4, -0.2) is 23.4 Å². The van der Waals surface area contributed by atoms with Crippen molar-refractivity contribution in [2.75, 3.05) is 6.61 Å². The Labute approximate surface area is 126 Å². The zero-order chi connectivity index (χ0) is 14.7. The van der Waals surface area contributed by atoms with Crippen LogP contribution in [0.3, 0.4) is 0 Å². The molecule has 0 bridgehead atoms. The van der Waals surface area contributed by atoms with E-state index >= 15 is 0 Å². The number of benzene rings is 1. The van der Waals surface area contributed by atoms with Crippen molar-refractivity contribution in [1.82, 2.24) is 4.57 Å². The number of hydrogen-bond acceptors (Lipinski definition) is 2. The second-order valence-corrected chi connectivity index (χ2v) is 6.17. The third-order valence-electron chi connectivity index (χ3n) is 4.06. The van der Waals surface area contributed by atoms with E-state index in [0.29, 0.717) is 6.10 Å². The van der Waals surface area contributed by atoms with E-state index in [-0.39, 0.29) is 6.10 Å². The zero-order valence-corrected chi connectivity index (χ0v) is 13.0. The molecule has 1 saturated heterocycles. The monoisotopic (exact) mass is 287 g/mol. The summed E-state index contributed by atoms with van der Waals surface area (Å²) >= 11 is 0. The molecule has 1 aromatic carbocycles. The molecule has 1 aromatic heterocycles. The van der Waals surface area contributed by atoms with E-state index in [9.17, 15) is 0 Å². The number of aryl methyl sites for hydroxylation is 1. The fourth-order valence-corrected chi connectivity index (χ4v) is 3.08. The molecule has 1 aliphatic heterocycles. The number of nitrogens with zero attached hydrogens (tertiary/aromatic N) is 1. The molecule has 21 heavy (non-hydrogen) atoms. The van der Waals surface area contributed by atoms with Gasteiger partial charge < -0.3 is 14.0 Å². The minimum absolute atomic E-state index is 0.218. The summed E-state index contributed by atoms with van der Waals surface area (Å²) in [6.07, 6.45) is 7.72. The Morgan fingerprint density at radius 2 is 2.24 bits per heavy atom. The van der Waals surface area contributed by atoms with E-state index in [1.165, 1.54) is 36.6 Å². The summed E-state index contributed by atoms with van der Waals surface area (Å²) in [7, 11) is 0. The highest BCUT2D eigenvalue weighted by atomic mass is 16.5. The molecule has 1 unspecified atom stereocenters. The first-order valence-corrected chi connectivity index (χ1v) is 8.09. The van der Waals surface area contributed by atoms with Crippen LogP contribution in [0, 0.1) is 0 Å². The lowest BCUT2D eigenvalue weighted by Gasteiger charge is -2.11. The Morgan fingerprint density at radius 3 is 3.00 bits per heavy atom. The zero-order valence-electron chi connectivity index (χ0n) is 13.0. The maximum atomic E-state index is 5.75. The lowest BCUT2D eigenvalue weighted by atomic mass is 10.1. The second kappa shape index (κ2) is 6.52. The maximum Gasteiger partial charge on any atom is 0.120 e. The van der Waals surface area contributed by atoms with Crippen LogP contribution in [0.2, 0.25) is 0 Å². The van der Waals surface area contributed by atoms with Gasteiger partial charge in [-0.3, -0.25) is 0 Å². The maximum absolute atomic E-state index is 5.75. The number of hydrogen-bond donors (Lipinski definition) is 0. The molecule has 0 saturated carbocycles. The molecule has 0 N–H and O–H groups in total. The van der Waals surface area contributed by atoms with Gasteiger partial charge in [0.2, 0.25) is 0 Å². The average molecular weight is 287 g/mol. The molecule has 0 aliphatic carbocycles. The first kappa shape index (κ1) is 14.5. The van der Waals surface area contributed by atoms with Crippen molar-refractivity contribution in [2.24, 2.45) is 0 Å². The van der Waals surface area contributed by atoms with Gasteiger partial charge in [-0.15, -0.1) is 0 Å². The van der Waals surface area contributed by atoms with Gasteiger partial charge in [0.1, 0.15) is 5.75 Å². The lowest BCUT2D eigenvalue weighted by molar-refractivity contribution is 0.101. The fraction of sp³-hybridized carbons (Fsp3) is 0.556. The highest BCUT2D eigenvalue weighted by Gasteiger charge is 2.14. The molecule has 2 aromatic rings. The first-order chi connectivity index (χ1) is 10.2. The van der Waals surface area contributed by atoms with Gasteiger partial charge in [-0.2, -0.15) is 0 Å². The average Bonchev–Trinajstić information content (AvgIpc) is 3.08. The Balaban J connectivity index is 1.62. The summed E-state index contributed by atoms with van der Waals surface area (Å²) in [5.41, 5.74) is 1.29. The van der Waals surface area contributed by atoms with E-state index in [0.717, 1.165) is 18.9 Å². The number of rotatable bonds is 6. The predicted molar refractivity (Wildman–Crippen MR) is 85.9 cm³/mol. The van der Waals surface area contributed by atoms with Crippen LogP contribution >= 0.6 is 0 Å². The van der Waals surface area contributed by atoms with E-state index in [1.54, 1.807) is 0 Å². The standard InChI is InChI=1S/C18H25NO2/c1-14(2)21-17-7-8-18-15(13-17)9-11-19(18)10-3-5-16-6-4-12-20-16/h7-9,11,13-14,16H,3-6,10,12H2,1-2H3. The molecule has 114 valence electrons. The molecule has 3 nitrogen and oxygen atoms in total. The minimum atomic E-state index is 0.218. The second-order valence-electron chi connectivity index (χ2n) is 6.17. The van der Waals surface area contributed by atoms with Crippen molar-refractivity contribution < 1.29 is 9.47 Å². The van der Waals surface area contributed by atoms with Crippen molar-refractivity contribution in [3.05, 3.63) is 30.5 Å². The fourth-order valence-electron chi connectivity index (χ4n) is 3.08. The highest BCUT2D eigenvalue weighted by Crippen LogP contribution is 2.24. The topological polar surface area (TPSA) is 23.4 Å². The third kappa shape index (κ3) is 3.59. The molecular formula is C18H25NO2. The van der Waals surface area contributed by atoms with Gasteiger partial charge in [0, 0.05) is 30.3 Å². The summed E-state index contributed by atoms with van der Waals surface area (Å²) in [5, 5.41) is 1.25. The first-order valence-electron chi connectivity index (χ1n) is 8.09. The van der Waals surface area contributed by atoms with Crippen LogP contribution < -0.4 is 4.74 Å². The number of ether oxygens (including phenoxy) is 2. The van der Waals surface area contributed by atoms with Crippen molar-refractivity contribution >= 4 is 10.9 Å².